The third-order valence-electron chi connectivity index (χ3n) is 7.41. The molecule has 1 aromatic rings. The summed E-state index contributed by atoms with van der Waals surface area (Å²) in [4.78, 5) is 49.7. The van der Waals surface area contributed by atoms with Gasteiger partial charge in [-0.2, -0.15) is 0 Å². The molecule has 0 spiro atoms. The Morgan fingerprint density at radius 3 is 1.82 bits per heavy atom. The van der Waals surface area contributed by atoms with E-state index in [-0.39, 0.29) is 48.1 Å². The highest BCUT2D eigenvalue weighted by Crippen LogP contribution is 2.36. The average molecular weight is 550 g/mol. The molecular formula is C30H47NO8. The van der Waals surface area contributed by atoms with Crippen LogP contribution in [0.25, 0.3) is 0 Å². The SMILES string of the molecule is CCC(C)CC(=O)OC(C)CC(c1ccc(OC(=O)C(C)C(C)C)c(OC(=O)C(C)C(C)C)c1)[C@H](N)C(=O)O. The zero-order valence-electron chi connectivity index (χ0n) is 24.9. The van der Waals surface area contributed by atoms with Crippen LogP contribution in [0.5, 0.6) is 11.5 Å². The lowest BCUT2D eigenvalue weighted by Crippen LogP contribution is -2.38. The van der Waals surface area contributed by atoms with Crippen LogP contribution in [-0.4, -0.2) is 41.1 Å². The van der Waals surface area contributed by atoms with Gasteiger partial charge >= 0.3 is 23.9 Å². The maximum absolute atomic E-state index is 12.8. The van der Waals surface area contributed by atoms with E-state index < -0.39 is 47.8 Å². The summed E-state index contributed by atoms with van der Waals surface area (Å²) in [5, 5.41) is 9.71. The molecule has 9 nitrogen and oxygen atoms in total. The molecule has 0 aromatic heterocycles. The summed E-state index contributed by atoms with van der Waals surface area (Å²) in [7, 11) is 0. The lowest BCUT2D eigenvalue weighted by molar-refractivity contribution is -0.150. The molecule has 0 amide bonds. The molecule has 5 unspecified atom stereocenters. The van der Waals surface area contributed by atoms with E-state index >= 15 is 0 Å². The summed E-state index contributed by atoms with van der Waals surface area (Å²) in [5.74, 6) is -3.95. The van der Waals surface area contributed by atoms with Crippen molar-refractivity contribution in [2.75, 3.05) is 0 Å². The number of carbonyl (C=O) groups is 4. The molecule has 0 bridgehead atoms. The predicted octanol–water partition coefficient (Wildman–Crippen LogP) is 5.34. The van der Waals surface area contributed by atoms with Gasteiger partial charge in [-0.3, -0.25) is 19.2 Å². The van der Waals surface area contributed by atoms with Crippen LogP contribution in [-0.2, 0) is 23.9 Å². The summed E-state index contributed by atoms with van der Waals surface area (Å²) in [5.41, 5.74) is 6.52. The number of ether oxygens (including phenoxy) is 3. The van der Waals surface area contributed by atoms with Crippen LogP contribution < -0.4 is 15.2 Å². The van der Waals surface area contributed by atoms with E-state index in [0.29, 0.717) is 5.56 Å². The van der Waals surface area contributed by atoms with Crippen LogP contribution in [0.2, 0.25) is 0 Å². The van der Waals surface area contributed by atoms with E-state index in [9.17, 15) is 24.3 Å². The largest absolute Gasteiger partial charge is 0.480 e. The Balaban J connectivity index is 3.41. The molecule has 0 fully saturated rings. The molecule has 0 aliphatic carbocycles. The highest BCUT2D eigenvalue weighted by atomic mass is 16.6. The Morgan fingerprint density at radius 2 is 1.36 bits per heavy atom. The molecule has 0 heterocycles. The van der Waals surface area contributed by atoms with Crippen molar-refractivity contribution in [1.29, 1.82) is 0 Å². The molecule has 0 radical (unpaired) electrons. The number of rotatable bonds is 15. The third-order valence-corrected chi connectivity index (χ3v) is 7.41. The molecule has 220 valence electrons. The van der Waals surface area contributed by atoms with Gasteiger partial charge in [-0.15, -0.1) is 0 Å². The van der Waals surface area contributed by atoms with E-state index in [2.05, 4.69) is 0 Å². The van der Waals surface area contributed by atoms with Crippen LogP contribution in [0.15, 0.2) is 18.2 Å². The normalized spacial score (nSPS) is 16.1. The molecule has 9 heteroatoms. The maximum atomic E-state index is 12.8. The Bertz CT molecular complexity index is 989. The lowest BCUT2D eigenvalue weighted by Gasteiger charge is -2.26. The second-order valence-electron chi connectivity index (χ2n) is 11.3. The highest BCUT2D eigenvalue weighted by Gasteiger charge is 2.31. The van der Waals surface area contributed by atoms with E-state index in [1.54, 1.807) is 26.8 Å². The van der Waals surface area contributed by atoms with Crippen molar-refractivity contribution in [3.05, 3.63) is 23.8 Å². The highest BCUT2D eigenvalue weighted by molar-refractivity contribution is 5.79. The first-order chi connectivity index (χ1) is 18.1. The Labute approximate surface area is 232 Å². The number of aliphatic carboxylic acids is 1. The smallest absolute Gasteiger partial charge is 0.321 e. The van der Waals surface area contributed by atoms with Crippen molar-refractivity contribution in [2.24, 2.45) is 35.3 Å². The first-order valence-electron chi connectivity index (χ1n) is 13.8. The van der Waals surface area contributed by atoms with Crippen LogP contribution in [0, 0.1) is 29.6 Å². The van der Waals surface area contributed by atoms with Crippen LogP contribution in [0.3, 0.4) is 0 Å². The van der Waals surface area contributed by atoms with Gasteiger partial charge in [0.15, 0.2) is 11.5 Å². The number of carbonyl (C=O) groups excluding carboxylic acids is 3. The van der Waals surface area contributed by atoms with Crippen molar-refractivity contribution in [1.82, 2.24) is 0 Å². The van der Waals surface area contributed by atoms with Crippen molar-refractivity contribution in [3.63, 3.8) is 0 Å². The maximum Gasteiger partial charge on any atom is 0.321 e. The molecule has 0 aliphatic rings. The molecule has 0 saturated heterocycles. The first kappa shape index (κ1) is 34.1. The van der Waals surface area contributed by atoms with Gasteiger partial charge in [0, 0.05) is 12.3 Å². The van der Waals surface area contributed by atoms with Gasteiger partial charge < -0.3 is 25.1 Å². The fraction of sp³-hybridized carbons (Fsp3) is 0.667. The summed E-state index contributed by atoms with van der Waals surface area (Å²) < 4.78 is 16.8. The second-order valence-corrected chi connectivity index (χ2v) is 11.3. The topological polar surface area (TPSA) is 142 Å². The average Bonchev–Trinajstić information content (AvgIpc) is 2.86. The minimum Gasteiger partial charge on any atom is -0.480 e. The molecule has 0 aliphatic heterocycles. The molecule has 3 N–H and O–H groups in total. The summed E-state index contributed by atoms with van der Waals surface area (Å²) in [6.45, 7) is 16.7. The summed E-state index contributed by atoms with van der Waals surface area (Å²) in [6.07, 6.45) is 0.603. The monoisotopic (exact) mass is 549 g/mol. The van der Waals surface area contributed by atoms with Crippen molar-refractivity contribution in [2.45, 2.75) is 99.6 Å². The predicted molar refractivity (Wildman–Crippen MR) is 148 cm³/mol. The molecule has 1 rings (SSSR count). The fourth-order valence-electron chi connectivity index (χ4n) is 3.64. The Morgan fingerprint density at radius 1 is 0.846 bits per heavy atom. The first-order valence-corrected chi connectivity index (χ1v) is 13.8. The summed E-state index contributed by atoms with van der Waals surface area (Å²) >= 11 is 0. The zero-order valence-corrected chi connectivity index (χ0v) is 24.9. The minimum atomic E-state index is -1.33. The summed E-state index contributed by atoms with van der Waals surface area (Å²) in [6, 6.07) is 3.22. The van der Waals surface area contributed by atoms with Gasteiger partial charge in [0.2, 0.25) is 0 Å². The molecular weight excluding hydrogens is 502 g/mol. The van der Waals surface area contributed by atoms with E-state index in [1.807, 2.05) is 41.5 Å². The number of carboxylic acids is 1. The van der Waals surface area contributed by atoms with E-state index in [1.165, 1.54) is 12.1 Å². The fourth-order valence-corrected chi connectivity index (χ4v) is 3.64. The van der Waals surface area contributed by atoms with E-state index in [4.69, 9.17) is 19.9 Å². The number of nitrogens with two attached hydrogens (primary N) is 1. The standard InChI is InChI=1S/C30H47NO8/c1-10-18(6)13-26(32)37-19(7)14-23(27(31)28(33)34)22-11-12-24(38-29(35)20(8)16(2)3)25(15-22)39-30(36)21(9)17(4)5/h11-12,15-21,23,27H,10,13-14,31H2,1-9H3,(H,33,34)/t18?,19?,20?,21?,23?,27-/m0/s1. The minimum absolute atomic E-state index is 0.00156. The van der Waals surface area contributed by atoms with Crippen LogP contribution in [0.4, 0.5) is 0 Å². The van der Waals surface area contributed by atoms with Gasteiger partial charge in [0.25, 0.3) is 0 Å². The third kappa shape index (κ3) is 10.6. The molecule has 0 saturated carbocycles. The number of carboxylic acid groups (broad SMARTS) is 1. The Kier molecular flexibility index (Phi) is 13.6. The lowest BCUT2D eigenvalue weighted by atomic mass is 9.87. The quantitative estimate of drug-likeness (QED) is 0.219. The van der Waals surface area contributed by atoms with Gasteiger partial charge in [-0.05, 0) is 48.8 Å². The van der Waals surface area contributed by atoms with Crippen molar-refractivity contribution >= 4 is 23.9 Å². The van der Waals surface area contributed by atoms with Crippen LogP contribution in [0.1, 0.15) is 93.1 Å². The number of benzene rings is 1. The van der Waals surface area contributed by atoms with Crippen molar-refractivity contribution < 1.29 is 38.5 Å². The molecule has 39 heavy (non-hydrogen) atoms. The Hall–Kier alpha value is -2.94. The van der Waals surface area contributed by atoms with Crippen LogP contribution >= 0.6 is 0 Å². The van der Waals surface area contributed by atoms with Gasteiger partial charge in [-0.1, -0.05) is 67.9 Å². The van der Waals surface area contributed by atoms with Gasteiger partial charge in [-0.25, -0.2) is 0 Å². The molecule has 6 atom stereocenters. The number of hydrogen-bond donors (Lipinski definition) is 2. The second kappa shape index (κ2) is 15.6. The van der Waals surface area contributed by atoms with Gasteiger partial charge in [0.05, 0.1) is 17.9 Å². The van der Waals surface area contributed by atoms with E-state index in [0.717, 1.165) is 6.42 Å². The molecule has 1 aromatic carbocycles. The van der Waals surface area contributed by atoms with Gasteiger partial charge in [0.1, 0.15) is 6.04 Å². The number of hydrogen-bond acceptors (Lipinski definition) is 8. The zero-order chi connectivity index (χ0) is 30.0. The van der Waals surface area contributed by atoms with Crippen molar-refractivity contribution in [3.8, 4) is 11.5 Å². The number of esters is 3.